The Bertz CT molecular complexity index is 756. The van der Waals surface area contributed by atoms with Crippen LogP contribution in [0.1, 0.15) is 10.7 Å². The zero-order valence-electron chi connectivity index (χ0n) is 12.9. The summed E-state index contributed by atoms with van der Waals surface area (Å²) in [4.78, 5) is 4.36. The van der Waals surface area contributed by atoms with E-state index in [9.17, 15) is 8.42 Å². The molecule has 0 bridgehead atoms. The normalized spacial score (nSPS) is 11.7. The summed E-state index contributed by atoms with van der Waals surface area (Å²) in [6.45, 7) is 2.08. The fraction of sp³-hybridized carbons (Fsp3) is 0.357. The number of sulfonamides is 1. The Hall–Kier alpha value is -1.64. The molecule has 22 heavy (non-hydrogen) atoms. The fourth-order valence-corrected chi connectivity index (χ4v) is 3.86. The topological polar surface area (TPSA) is 68.7 Å². The van der Waals surface area contributed by atoms with Crippen LogP contribution in [-0.2, 0) is 16.6 Å². The SMILES string of the molecule is COc1ccc(OC)c(S(=O)(=O)N(C)Cc2csc(C)n2)c1. The quantitative estimate of drug-likeness (QED) is 0.806. The first-order valence-corrected chi connectivity index (χ1v) is 8.80. The second kappa shape index (κ2) is 6.64. The van der Waals surface area contributed by atoms with Gasteiger partial charge in [-0.1, -0.05) is 0 Å². The van der Waals surface area contributed by atoms with E-state index in [0.717, 1.165) is 10.7 Å². The molecule has 0 saturated carbocycles. The van der Waals surface area contributed by atoms with Crippen molar-refractivity contribution in [3.63, 3.8) is 0 Å². The predicted molar refractivity (Wildman–Crippen MR) is 85.0 cm³/mol. The smallest absolute Gasteiger partial charge is 0.247 e. The maximum Gasteiger partial charge on any atom is 0.247 e. The van der Waals surface area contributed by atoms with Gasteiger partial charge in [-0.25, -0.2) is 13.4 Å². The molecule has 0 amide bonds. The minimum Gasteiger partial charge on any atom is -0.497 e. The van der Waals surface area contributed by atoms with Gasteiger partial charge in [-0.05, 0) is 19.1 Å². The average molecular weight is 342 g/mol. The molecule has 2 rings (SSSR count). The molecule has 0 fully saturated rings. The zero-order chi connectivity index (χ0) is 16.3. The van der Waals surface area contributed by atoms with Crippen molar-refractivity contribution in [3.8, 4) is 11.5 Å². The van der Waals surface area contributed by atoms with Gasteiger partial charge in [0.1, 0.15) is 16.4 Å². The number of rotatable bonds is 6. The lowest BCUT2D eigenvalue weighted by Gasteiger charge is -2.18. The van der Waals surface area contributed by atoms with Gasteiger partial charge < -0.3 is 9.47 Å². The molecular formula is C14H18N2O4S2. The van der Waals surface area contributed by atoms with Crippen LogP contribution in [0.15, 0.2) is 28.5 Å². The lowest BCUT2D eigenvalue weighted by atomic mass is 10.3. The summed E-state index contributed by atoms with van der Waals surface area (Å²) in [6.07, 6.45) is 0. The Morgan fingerprint density at radius 2 is 2.00 bits per heavy atom. The molecule has 0 aliphatic heterocycles. The van der Waals surface area contributed by atoms with Crippen molar-refractivity contribution in [2.45, 2.75) is 18.4 Å². The first kappa shape index (κ1) is 16.7. The summed E-state index contributed by atoms with van der Waals surface area (Å²) >= 11 is 1.49. The fourth-order valence-electron chi connectivity index (χ4n) is 1.95. The highest BCUT2D eigenvalue weighted by molar-refractivity contribution is 7.89. The number of methoxy groups -OCH3 is 2. The van der Waals surface area contributed by atoms with Gasteiger partial charge in [0.05, 0.1) is 31.5 Å². The molecular weight excluding hydrogens is 324 g/mol. The van der Waals surface area contributed by atoms with Crippen molar-refractivity contribution in [3.05, 3.63) is 34.3 Å². The molecule has 1 aromatic carbocycles. The number of aromatic nitrogens is 1. The van der Waals surface area contributed by atoms with Crippen LogP contribution in [0, 0.1) is 6.92 Å². The van der Waals surface area contributed by atoms with E-state index < -0.39 is 10.0 Å². The molecule has 0 saturated heterocycles. The molecule has 8 heteroatoms. The standard InChI is InChI=1S/C14H18N2O4S2/c1-10-15-11(9-21-10)8-16(2)22(17,18)14-7-12(19-3)5-6-13(14)20-4/h5-7,9H,8H2,1-4H3. The summed E-state index contributed by atoms with van der Waals surface area (Å²) in [5.74, 6) is 0.736. The maximum absolute atomic E-state index is 12.8. The van der Waals surface area contributed by atoms with Crippen molar-refractivity contribution in [2.24, 2.45) is 0 Å². The van der Waals surface area contributed by atoms with E-state index in [1.807, 2.05) is 12.3 Å². The Morgan fingerprint density at radius 3 is 2.55 bits per heavy atom. The van der Waals surface area contributed by atoms with Gasteiger partial charge >= 0.3 is 0 Å². The maximum atomic E-state index is 12.8. The van der Waals surface area contributed by atoms with E-state index in [1.165, 1.54) is 43.0 Å². The highest BCUT2D eigenvalue weighted by Crippen LogP contribution is 2.30. The molecule has 0 N–H and O–H groups in total. The van der Waals surface area contributed by atoms with Gasteiger partial charge in [-0.15, -0.1) is 11.3 Å². The number of ether oxygens (including phenoxy) is 2. The summed E-state index contributed by atoms with van der Waals surface area (Å²) in [7, 11) is 0.728. The van der Waals surface area contributed by atoms with Gasteiger partial charge in [-0.3, -0.25) is 0 Å². The van der Waals surface area contributed by atoms with Crippen LogP contribution in [0.3, 0.4) is 0 Å². The van der Waals surface area contributed by atoms with E-state index in [4.69, 9.17) is 9.47 Å². The highest BCUT2D eigenvalue weighted by atomic mass is 32.2. The molecule has 0 atom stereocenters. The van der Waals surface area contributed by atoms with Crippen LogP contribution < -0.4 is 9.47 Å². The number of hydrogen-bond acceptors (Lipinski definition) is 6. The van der Waals surface area contributed by atoms with Gasteiger partial charge in [0.15, 0.2) is 0 Å². The van der Waals surface area contributed by atoms with Crippen LogP contribution >= 0.6 is 11.3 Å². The third-order valence-electron chi connectivity index (χ3n) is 3.11. The van der Waals surface area contributed by atoms with Crippen molar-refractivity contribution in [2.75, 3.05) is 21.3 Å². The van der Waals surface area contributed by atoms with Gasteiger partial charge in [0.2, 0.25) is 10.0 Å². The predicted octanol–water partition coefficient (Wildman–Crippen LogP) is 2.29. The monoisotopic (exact) mass is 342 g/mol. The molecule has 0 aliphatic carbocycles. The second-order valence-corrected chi connectivity index (χ2v) is 7.71. The zero-order valence-corrected chi connectivity index (χ0v) is 14.5. The molecule has 120 valence electrons. The molecule has 1 heterocycles. The number of hydrogen-bond donors (Lipinski definition) is 0. The van der Waals surface area contributed by atoms with E-state index in [0.29, 0.717) is 5.75 Å². The number of nitrogens with zero attached hydrogens (tertiary/aromatic N) is 2. The number of benzene rings is 1. The van der Waals surface area contributed by atoms with Gasteiger partial charge in [0, 0.05) is 18.5 Å². The molecule has 0 spiro atoms. The Morgan fingerprint density at radius 1 is 1.27 bits per heavy atom. The van der Waals surface area contributed by atoms with Gasteiger partial charge in [0.25, 0.3) is 0 Å². The lowest BCUT2D eigenvalue weighted by molar-refractivity contribution is 0.388. The minimum atomic E-state index is -3.71. The first-order valence-electron chi connectivity index (χ1n) is 6.48. The van der Waals surface area contributed by atoms with Crippen molar-refractivity contribution >= 4 is 21.4 Å². The van der Waals surface area contributed by atoms with Crippen LogP contribution in [-0.4, -0.2) is 39.0 Å². The van der Waals surface area contributed by atoms with Gasteiger partial charge in [-0.2, -0.15) is 4.31 Å². The van der Waals surface area contributed by atoms with Crippen LogP contribution in [0.2, 0.25) is 0 Å². The van der Waals surface area contributed by atoms with Crippen molar-refractivity contribution in [1.82, 2.24) is 9.29 Å². The molecule has 1 aromatic heterocycles. The van der Waals surface area contributed by atoms with Crippen molar-refractivity contribution in [1.29, 1.82) is 0 Å². The Kier molecular flexibility index (Phi) is 5.05. The highest BCUT2D eigenvalue weighted by Gasteiger charge is 2.26. The lowest BCUT2D eigenvalue weighted by Crippen LogP contribution is -2.27. The van der Waals surface area contributed by atoms with Crippen LogP contribution in [0.25, 0.3) is 0 Å². The van der Waals surface area contributed by atoms with E-state index in [-0.39, 0.29) is 17.2 Å². The first-order chi connectivity index (χ1) is 10.4. The second-order valence-electron chi connectivity index (χ2n) is 4.64. The Labute approximate surface area is 134 Å². The van der Waals surface area contributed by atoms with E-state index >= 15 is 0 Å². The Balaban J connectivity index is 2.36. The molecule has 6 nitrogen and oxygen atoms in total. The third-order valence-corrected chi connectivity index (χ3v) is 5.76. The number of aryl methyl sites for hydroxylation is 1. The number of thiazole rings is 1. The van der Waals surface area contributed by atoms with E-state index in [1.54, 1.807) is 12.1 Å². The minimum absolute atomic E-state index is 0.0730. The molecule has 0 aliphatic rings. The van der Waals surface area contributed by atoms with Crippen LogP contribution in [0.4, 0.5) is 0 Å². The molecule has 0 unspecified atom stereocenters. The average Bonchev–Trinajstić information content (AvgIpc) is 2.91. The molecule has 0 radical (unpaired) electrons. The van der Waals surface area contributed by atoms with Crippen molar-refractivity contribution < 1.29 is 17.9 Å². The summed E-state index contributed by atoms with van der Waals surface area (Å²) in [5.41, 5.74) is 0.718. The third kappa shape index (κ3) is 3.40. The van der Waals surface area contributed by atoms with Crippen LogP contribution in [0.5, 0.6) is 11.5 Å². The summed E-state index contributed by atoms with van der Waals surface area (Å²) in [6, 6.07) is 4.69. The largest absolute Gasteiger partial charge is 0.497 e. The van der Waals surface area contributed by atoms with E-state index in [2.05, 4.69) is 4.98 Å². The molecule has 2 aromatic rings. The summed E-state index contributed by atoms with van der Waals surface area (Å²) < 4.78 is 37.0. The summed E-state index contributed by atoms with van der Waals surface area (Å²) in [5, 5.41) is 2.75.